The number of hydrogen-bond acceptors (Lipinski definition) is 3. The van der Waals surface area contributed by atoms with Crippen molar-refractivity contribution in [3.8, 4) is 6.07 Å². The number of halogens is 1. The van der Waals surface area contributed by atoms with E-state index in [1.165, 1.54) is 0 Å². The Morgan fingerprint density at radius 2 is 2.00 bits per heavy atom. The van der Waals surface area contributed by atoms with Crippen molar-refractivity contribution in [2.45, 2.75) is 6.04 Å². The van der Waals surface area contributed by atoms with E-state index in [0.29, 0.717) is 0 Å². The summed E-state index contributed by atoms with van der Waals surface area (Å²) in [6.07, 6.45) is 0. The van der Waals surface area contributed by atoms with Gasteiger partial charge in [-0.2, -0.15) is 5.26 Å². The van der Waals surface area contributed by atoms with Crippen molar-refractivity contribution < 1.29 is 0 Å². The maximum absolute atomic E-state index is 9.29. The third-order valence-corrected chi connectivity index (χ3v) is 3.12. The minimum atomic E-state index is -0.188. The van der Waals surface area contributed by atoms with Crippen molar-refractivity contribution >= 4 is 15.9 Å². The Balaban J connectivity index is 2.75. The highest BCUT2D eigenvalue weighted by Crippen LogP contribution is 2.21. The molecule has 0 aliphatic carbocycles. The van der Waals surface area contributed by atoms with Gasteiger partial charge in [-0.05, 0) is 38.8 Å². The Kier molecular flexibility index (Phi) is 5.63. The van der Waals surface area contributed by atoms with Crippen LogP contribution in [0.3, 0.4) is 0 Å². The molecule has 3 nitrogen and oxygen atoms in total. The number of nitriles is 1. The molecule has 0 aliphatic heterocycles. The standard InChI is InChI=1S/C13H18BrN3/c1-16(2)7-8-17(3)13(10-15)11-5-4-6-12(14)9-11/h4-6,9,13H,7-8H2,1-3H3. The summed E-state index contributed by atoms with van der Waals surface area (Å²) in [6.45, 7) is 1.82. The molecule has 1 rings (SSSR count). The Morgan fingerprint density at radius 1 is 1.29 bits per heavy atom. The molecule has 92 valence electrons. The van der Waals surface area contributed by atoms with Crippen LogP contribution in [-0.4, -0.2) is 44.0 Å². The lowest BCUT2D eigenvalue weighted by atomic mass is 10.1. The molecule has 1 atom stereocenters. The number of benzene rings is 1. The quantitative estimate of drug-likeness (QED) is 0.836. The highest BCUT2D eigenvalue weighted by molar-refractivity contribution is 9.10. The van der Waals surface area contributed by atoms with Crippen LogP contribution >= 0.6 is 15.9 Å². The molecule has 0 amide bonds. The van der Waals surface area contributed by atoms with Gasteiger partial charge >= 0.3 is 0 Å². The first-order valence-corrected chi connectivity index (χ1v) is 6.34. The van der Waals surface area contributed by atoms with Crippen molar-refractivity contribution in [1.29, 1.82) is 5.26 Å². The summed E-state index contributed by atoms with van der Waals surface area (Å²) in [5.74, 6) is 0. The molecule has 0 spiro atoms. The first-order valence-electron chi connectivity index (χ1n) is 5.54. The van der Waals surface area contributed by atoms with Crippen LogP contribution in [0.25, 0.3) is 0 Å². The second kappa shape index (κ2) is 6.75. The minimum absolute atomic E-state index is 0.188. The molecule has 0 saturated carbocycles. The molecule has 0 radical (unpaired) electrons. The van der Waals surface area contributed by atoms with E-state index in [9.17, 15) is 5.26 Å². The molecule has 1 aromatic carbocycles. The summed E-state index contributed by atoms with van der Waals surface area (Å²) in [7, 11) is 6.06. The van der Waals surface area contributed by atoms with Gasteiger partial charge in [0, 0.05) is 17.6 Å². The number of nitrogens with zero attached hydrogens (tertiary/aromatic N) is 3. The largest absolute Gasteiger partial charge is 0.308 e. The lowest BCUT2D eigenvalue weighted by Crippen LogP contribution is -2.31. The molecule has 0 bridgehead atoms. The van der Waals surface area contributed by atoms with Gasteiger partial charge < -0.3 is 4.90 Å². The minimum Gasteiger partial charge on any atom is -0.308 e. The van der Waals surface area contributed by atoms with Crippen LogP contribution in [0.1, 0.15) is 11.6 Å². The van der Waals surface area contributed by atoms with Crippen molar-refractivity contribution in [2.75, 3.05) is 34.2 Å². The summed E-state index contributed by atoms with van der Waals surface area (Å²) in [6, 6.07) is 10.1. The normalized spacial score (nSPS) is 12.8. The average molecular weight is 296 g/mol. The van der Waals surface area contributed by atoms with Crippen molar-refractivity contribution in [2.24, 2.45) is 0 Å². The van der Waals surface area contributed by atoms with Gasteiger partial charge in [0.2, 0.25) is 0 Å². The summed E-state index contributed by atoms with van der Waals surface area (Å²) in [4.78, 5) is 4.19. The summed E-state index contributed by atoms with van der Waals surface area (Å²) < 4.78 is 1.01. The molecule has 0 aromatic heterocycles. The zero-order valence-corrected chi connectivity index (χ0v) is 12.1. The zero-order chi connectivity index (χ0) is 12.8. The van der Waals surface area contributed by atoms with Gasteiger partial charge in [0.1, 0.15) is 6.04 Å². The molecular weight excluding hydrogens is 278 g/mol. The monoisotopic (exact) mass is 295 g/mol. The fourth-order valence-electron chi connectivity index (χ4n) is 1.59. The Labute approximate surface area is 112 Å². The van der Waals surface area contributed by atoms with Gasteiger partial charge in [0.25, 0.3) is 0 Å². The van der Waals surface area contributed by atoms with Crippen molar-refractivity contribution in [3.63, 3.8) is 0 Å². The fourth-order valence-corrected chi connectivity index (χ4v) is 2.01. The van der Waals surface area contributed by atoms with Crippen molar-refractivity contribution in [3.05, 3.63) is 34.3 Å². The van der Waals surface area contributed by atoms with Crippen LogP contribution in [0, 0.1) is 11.3 Å². The Bertz CT molecular complexity index is 398. The third-order valence-electron chi connectivity index (χ3n) is 2.63. The molecule has 0 N–H and O–H groups in total. The summed E-state index contributed by atoms with van der Waals surface area (Å²) in [5, 5.41) is 9.29. The SMILES string of the molecule is CN(C)CCN(C)C(C#N)c1cccc(Br)c1. The second-order valence-corrected chi connectivity index (χ2v) is 5.29. The van der Waals surface area contributed by atoms with Crippen LogP contribution < -0.4 is 0 Å². The van der Waals surface area contributed by atoms with Gasteiger partial charge in [-0.25, -0.2) is 0 Å². The summed E-state index contributed by atoms with van der Waals surface area (Å²) >= 11 is 3.43. The molecule has 0 saturated heterocycles. The first kappa shape index (κ1) is 14.2. The van der Waals surface area contributed by atoms with E-state index >= 15 is 0 Å². The topological polar surface area (TPSA) is 30.3 Å². The molecule has 4 heteroatoms. The smallest absolute Gasteiger partial charge is 0.123 e. The highest BCUT2D eigenvalue weighted by atomic mass is 79.9. The van der Waals surface area contributed by atoms with E-state index in [-0.39, 0.29) is 6.04 Å². The maximum Gasteiger partial charge on any atom is 0.123 e. The van der Waals surface area contributed by atoms with E-state index in [1.807, 2.05) is 45.4 Å². The van der Waals surface area contributed by atoms with E-state index in [2.05, 4.69) is 31.8 Å². The molecule has 0 fully saturated rings. The van der Waals surface area contributed by atoms with E-state index in [4.69, 9.17) is 0 Å². The molecule has 0 aliphatic rings. The molecule has 1 unspecified atom stereocenters. The maximum atomic E-state index is 9.29. The van der Waals surface area contributed by atoms with Crippen LogP contribution in [0.4, 0.5) is 0 Å². The van der Waals surface area contributed by atoms with Gasteiger partial charge in [-0.15, -0.1) is 0 Å². The lowest BCUT2D eigenvalue weighted by Gasteiger charge is -2.24. The van der Waals surface area contributed by atoms with Crippen LogP contribution in [0.5, 0.6) is 0 Å². The van der Waals surface area contributed by atoms with Gasteiger partial charge in [-0.1, -0.05) is 28.1 Å². The number of hydrogen-bond donors (Lipinski definition) is 0. The molecule has 1 aromatic rings. The molecule has 0 heterocycles. The first-order chi connectivity index (χ1) is 8.04. The van der Waals surface area contributed by atoms with Gasteiger partial charge in [-0.3, -0.25) is 4.90 Å². The molecule has 17 heavy (non-hydrogen) atoms. The summed E-state index contributed by atoms with van der Waals surface area (Å²) in [5.41, 5.74) is 1.03. The average Bonchev–Trinajstić information content (AvgIpc) is 2.27. The number of rotatable bonds is 5. The highest BCUT2D eigenvalue weighted by Gasteiger charge is 2.16. The van der Waals surface area contributed by atoms with E-state index in [0.717, 1.165) is 23.1 Å². The predicted octanol–water partition coefficient (Wildman–Crippen LogP) is 2.51. The van der Waals surface area contributed by atoms with E-state index < -0.39 is 0 Å². The van der Waals surface area contributed by atoms with Gasteiger partial charge in [0.05, 0.1) is 6.07 Å². The van der Waals surface area contributed by atoms with Crippen LogP contribution in [0.2, 0.25) is 0 Å². The van der Waals surface area contributed by atoms with Crippen LogP contribution in [0.15, 0.2) is 28.7 Å². The van der Waals surface area contributed by atoms with E-state index in [1.54, 1.807) is 0 Å². The second-order valence-electron chi connectivity index (χ2n) is 4.37. The zero-order valence-electron chi connectivity index (χ0n) is 10.5. The Hall–Kier alpha value is -0.890. The number of likely N-dealkylation sites (N-methyl/N-ethyl adjacent to an activating group) is 2. The Morgan fingerprint density at radius 3 is 2.53 bits per heavy atom. The molecular formula is C13H18BrN3. The lowest BCUT2D eigenvalue weighted by molar-refractivity contribution is 0.253. The van der Waals surface area contributed by atoms with Gasteiger partial charge in [0.15, 0.2) is 0 Å². The predicted molar refractivity (Wildman–Crippen MR) is 73.7 cm³/mol. The van der Waals surface area contributed by atoms with Crippen LogP contribution in [-0.2, 0) is 0 Å². The van der Waals surface area contributed by atoms with Crippen molar-refractivity contribution in [1.82, 2.24) is 9.80 Å². The third kappa shape index (κ3) is 4.47. The fraction of sp³-hybridized carbons (Fsp3) is 0.462.